The Kier molecular flexibility index (Phi) is 4.74. The third-order valence-corrected chi connectivity index (χ3v) is 4.95. The van der Waals surface area contributed by atoms with E-state index in [1.807, 2.05) is 0 Å². The van der Waals surface area contributed by atoms with Gasteiger partial charge in [-0.2, -0.15) is 0 Å². The molecule has 3 saturated heterocycles. The van der Waals surface area contributed by atoms with Crippen molar-refractivity contribution < 1.29 is 14.2 Å². The standard InChI is InChI=1S/C15H27NO3/c1-7-17-8-2-13(1)10-18-11-14-9-15(12-19-14)3-5-16-6-4-15/h13-14,16H,1-12H2. The summed E-state index contributed by atoms with van der Waals surface area (Å²) < 4.78 is 17.2. The van der Waals surface area contributed by atoms with Crippen LogP contribution in [-0.4, -0.2) is 52.2 Å². The number of piperidine rings is 1. The number of rotatable bonds is 4. The van der Waals surface area contributed by atoms with Gasteiger partial charge in [0, 0.05) is 19.8 Å². The highest BCUT2D eigenvalue weighted by Crippen LogP contribution is 2.40. The van der Waals surface area contributed by atoms with E-state index < -0.39 is 0 Å². The van der Waals surface area contributed by atoms with Crippen molar-refractivity contribution in [2.24, 2.45) is 11.3 Å². The lowest BCUT2D eigenvalue weighted by Crippen LogP contribution is -2.37. The molecule has 0 aliphatic carbocycles. The number of hydrogen-bond donors (Lipinski definition) is 1. The van der Waals surface area contributed by atoms with Crippen LogP contribution in [0.2, 0.25) is 0 Å². The van der Waals surface area contributed by atoms with E-state index in [-0.39, 0.29) is 0 Å². The highest BCUT2D eigenvalue weighted by molar-refractivity contribution is 4.91. The second-order valence-electron chi connectivity index (χ2n) is 6.48. The summed E-state index contributed by atoms with van der Waals surface area (Å²) in [6.07, 6.45) is 6.37. The maximum Gasteiger partial charge on any atom is 0.0814 e. The molecule has 1 unspecified atom stereocenters. The van der Waals surface area contributed by atoms with Crippen molar-refractivity contribution in [2.75, 3.05) is 46.1 Å². The van der Waals surface area contributed by atoms with Gasteiger partial charge in [-0.3, -0.25) is 0 Å². The molecular weight excluding hydrogens is 242 g/mol. The van der Waals surface area contributed by atoms with Crippen LogP contribution in [0, 0.1) is 11.3 Å². The molecule has 19 heavy (non-hydrogen) atoms. The van der Waals surface area contributed by atoms with E-state index in [1.165, 1.54) is 19.3 Å². The first-order valence-corrected chi connectivity index (χ1v) is 7.84. The first kappa shape index (κ1) is 13.8. The van der Waals surface area contributed by atoms with E-state index in [0.29, 0.717) is 17.4 Å². The average molecular weight is 269 g/mol. The van der Waals surface area contributed by atoms with Crippen LogP contribution in [-0.2, 0) is 14.2 Å². The Morgan fingerprint density at radius 1 is 1.11 bits per heavy atom. The largest absolute Gasteiger partial charge is 0.381 e. The fraction of sp³-hybridized carbons (Fsp3) is 1.00. The lowest BCUT2D eigenvalue weighted by Gasteiger charge is -2.32. The number of nitrogens with one attached hydrogen (secondary N) is 1. The van der Waals surface area contributed by atoms with Gasteiger partial charge in [0.15, 0.2) is 0 Å². The fourth-order valence-electron chi connectivity index (χ4n) is 3.59. The van der Waals surface area contributed by atoms with Crippen LogP contribution < -0.4 is 5.32 Å². The molecule has 3 fully saturated rings. The summed E-state index contributed by atoms with van der Waals surface area (Å²) in [5.74, 6) is 0.697. The van der Waals surface area contributed by atoms with Crippen molar-refractivity contribution in [3.63, 3.8) is 0 Å². The van der Waals surface area contributed by atoms with Crippen LogP contribution in [0.25, 0.3) is 0 Å². The van der Waals surface area contributed by atoms with Crippen molar-refractivity contribution in [3.05, 3.63) is 0 Å². The first-order valence-electron chi connectivity index (χ1n) is 7.84. The normalized spacial score (nSPS) is 31.9. The number of hydrogen-bond acceptors (Lipinski definition) is 4. The summed E-state index contributed by atoms with van der Waals surface area (Å²) in [6, 6.07) is 0. The molecule has 110 valence electrons. The maximum absolute atomic E-state index is 5.96. The summed E-state index contributed by atoms with van der Waals surface area (Å²) >= 11 is 0. The number of ether oxygens (including phenoxy) is 3. The predicted molar refractivity (Wildman–Crippen MR) is 73.3 cm³/mol. The van der Waals surface area contributed by atoms with Gasteiger partial charge in [0.2, 0.25) is 0 Å². The van der Waals surface area contributed by atoms with Crippen LogP contribution in [0.5, 0.6) is 0 Å². The molecule has 1 N–H and O–H groups in total. The van der Waals surface area contributed by atoms with Gasteiger partial charge in [-0.15, -0.1) is 0 Å². The molecule has 1 atom stereocenters. The Balaban J connectivity index is 1.35. The van der Waals surface area contributed by atoms with Crippen LogP contribution >= 0.6 is 0 Å². The molecule has 3 aliphatic rings. The Morgan fingerprint density at radius 3 is 2.68 bits per heavy atom. The summed E-state index contributed by atoms with van der Waals surface area (Å²) in [5.41, 5.74) is 0.456. The van der Waals surface area contributed by atoms with E-state index in [1.54, 1.807) is 0 Å². The minimum Gasteiger partial charge on any atom is -0.381 e. The van der Waals surface area contributed by atoms with Crippen LogP contribution in [0.15, 0.2) is 0 Å². The fourth-order valence-corrected chi connectivity index (χ4v) is 3.59. The zero-order chi connectivity index (χ0) is 13.0. The smallest absolute Gasteiger partial charge is 0.0814 e. The molecule has 0 aromatic carbocycles. The van der Waals surface area contributed by atoms with Gasteiger partial charge in [-0.1, -0.05) is 0 Å². The van der Waals surface area contributed by atoms with Crippen LogP contribution in [0.4, 0.5) is 0 Å². The molecule has 0 radical (unpaired) electrons. The molecule has 1 spiro atoms. The van der Waals surface area contributed by atoms with Crippen molar-refractivity contribution in [2.45, 2.75) is 38.2 Å². The van der Waals surface area contributed by atoms with Gasteiger partial charge in [-0.05, 0) is 56.5 Å². The van der Waals surface area contributed by atoms with Gasteiger partial charge in [0.05, 0.1) is 19.3 Å². The molecule has 3 heterocycles. The van der Waals surface area contributed by atoms with Crippen molar-refractivity contribution in [1.82, 2.24) is 5.32 Å². The van der Waals surface area contributed by atoms with E-state index in [2.05, 4.69) is 5.32 Å². The summed E-state index contributed by atoms with van der Waals surface area (Å²) in [5, 5.41) is 3.44. The highest BCUT2D eigenvalue weighted by atomic mass is 16.5. The maximum atomic E-state index is 5.96. The first-order chi connectivity index (χ1) is 9.36. The monoisotopic (exact) mass is 269 g/mol. The van der Waals surface area contributed by atoms with E-state index >= 15 is 0 Å². The summed E-state index contributed by atoms with van der Waals surface area (Å²) in [6.45, 7) is 6.73. The summed E-state index contributed by atoms with van der Waals surface area (Å²) in [7, 11) is 0. The van der Waals surface area contributed by atoms with Gasteiger partial charge in [0.1, 0.15) is 0 Å². The topological polar surface area (TPSA) is 39.7 Å². The van der Waals surface area contributed by atoms with E-state index in [0.717, 1.165) is 59.0 Å². The lowest BCUT2D eigenvalue weighted by molar-refractivity contribution is -0.0179. The second kappa shape index (κ2) is 6.53. The Hall–Kier alpha value is -0.160. The molecular formula is C15H27NO3. The van der Waals surface area contributed by atoms with Gasteiger partial charge in [0.25, 0.3) is 0 Å². The van der Waals surface area contributed by atoms with Crippen molar-refractivity contribution in [3.8, 4) is 0 Å². The zero-order valence-electron chi connectivity index (χ0n) is 11.9. The second-order valence-corrected chi connectivity index (χ2v) is 6.48. The van der Waals surface area contributed by atoms with Crippen molar-refractivity contribution >= 4 is 0 Å². The molecule has 4 nitrogen and oxygen atoms in total. The molecule has 4 heteroatoms. The van der Waals surface area contributed by atoms with Gasteiger partial charge >= 0.3 is 0 Å². The molecule has 0 aromatic heterocycles. The third kappa shape index (κ3) is 3.69. The Morgan fingerprint density at radius 2 is 1.89 bits per heavy atom. The molecule has 0 bridgehead atoms. The molecule has 0 saturated carbocycles. The average Bonchev–Trinajstić information content (AvgIpc) is 2.84. The Bertz CT molecular complexity index is 273. The lowest BCUT2D eigenvalue weighted by atomic mass is 9.77. The van der Waals surface area contributed by atoms with Crippen LogP contribution in [0.1, 0.15) is 32.1 Å². The molecule has 3 rings (SSSR count). The zero-order valence-corrected chi connectivity index (χ0v) is 11.9. The Labute approximate surface area is 116 Å². The highest BCUT2D eigenvalue weighted by Gasteiger charge is 2.40. The van der Waals surface area contributed by atoms with Crippen LogP contribution in [0.3, 0.4) is 0 Å². The SMILES string of the molecule is C1CC2(CCN1)COC(COCC1CCOCC1)C2. The minimum absolute atomic E-state index is 0.331. The molecule has 3 aliphatic heterocycles. The minimum atomic E-state index is 0.331. The van der Waals surface area contributed by atoms with Gasteiger partial charge in [-0.25, -0.2) is 0 Å². The quantitative estimate of drug-likeness (QED) is 0.841. The van der Waals surface area contributed by atoms with Crippen molar-refractivity contribution in [1.29, 1.82) is 0 Å². The third-order valence-electron chi connectivity index (χ3n) is 4.95. The van der Waals surface area contributed by atoms with Gasteiger partial charge < -0.3 is 19.5 Å². The molecule has 0 aromatic rings. The summed E-state index contributed by atoms with van der Waals surface area (Å²) in [4.78, 5) is 0. The van der Waals surface area contributed by atoms with E-state index in [9.17, 15) is 0 Å². The molecule has 0 amide bonds. The predicted octanol–water partition coefficient (Wildman–Crippen LogP) is 1.59. The van der Waals surface area contributed by atoms with E-state index in [4.69, 9.17) is 14.2 Å².